The third kappa shape index (κ3) is 2.04. The van der Waals surface area contributed by atoms with E-state index in [1.165, 1.54) is 10.4 Å². The summed E-state index contributed by atoms with van der Waals surface area (Å²) >= 11 is 0. The molecule has 2 saturated heterocycles. The molecule has 2 aromatic carbocycles. The monoisotopic (exact) mass is 294 g/mol. The Morgan fingerprint density at radius 1 is 0.857 bits per heavy atom. The Kier molecular flexibility index (Phi) is 2.96. The number of benzene rings is 2. The van der Waals surface area contributed by atoms with Crippen LogP contribution in [-0.2, 0) is 9.53 Å². The lowest BCUT2D eigenvalue weighted by Gasteiger charge is -2.29. The lowest BCUT2D eigenvalue weighted by Crippen LogP contribution is -2.56. The van der Waals surface area contributed by atoms with Crippen LogP contribution in [0.3, 0.4) is 0 Å². The van der Waals surface area contributed by atoms with Crippen LogP contribution in [0.25, 0.3) is 0 Å². The molecular formula is C18H18O2Si. The molecule has 2 aliphatic heterocycles. The zero-order valence-corrected chi connectivity index (χ0v) is 12.9. The van der Waals surface area contributed by atoms with Crippen LogP contribution in [0.15, 0.2) is 60.7 Å². The van der Waals surface area contributed by atoms with E-state index in [1.54, 1.807) is 0 Å². The maximum absolute atomic E-state index is 11.5. The zero-order valence-electron chi connectivity index (χ0n) is 11.9. The lowest BCUT2D eigenvalue weighted by molar-refractivity contribution is -0.140. The Bertz CT molecular complexity index is 596. The van der Waals surface area contributed by atoms with Crippen molar-refractivity contribution in [3.8, 4) is 0 Å². The smallest absolute Gasteiger partial charge is 0.306 e. The number of hydrogen-bond donors (Lipinski definition) is 0. The molecule has 0 aliphatic carbocycles. The van der Waals surface area contributed by atoms with Gasteiger partial charge in [-0.1, -0.05) is 71.0 Å². The summed E-state index contributed by atoms with van der Waals surface area (Å²) in [6, 6.07) is 23.9. The maximum atomic E-state index is 11.5. The quantitative estimate of drug-likeness (QED) is 0.627. The second-order valence-corrected chi connectivity index (χ2v) is 10.4. The van der Waals surface area contributed by atoms with E-state index >= 15 is 0 Å². The topological polar surface area (TPSA) is 26.3 Å². The van der Waals surface area contributed by atoms with E-state index in [-0.39, 0.29) is 12.1 Å². The van der Waals surface area contributed by atoms with Crippen LogP contribution in [0.2, 0.25) is 12.1 Å². The van der Waals surface area contributed by atoms with E-state index in [4.69, 9.17) is 4.74 Å². The largest absolute Gasteiger partial charge is 0.462 e. The molecule has 2 fully saturated rings. The average molecular weight is 294 g/mol. The summed E-state index contributed by atoms with van der Waals surface area (Å²) < 4.78 is 5.58. The number of rotatable bonds is 2. The van der Waals surface area contributed by atoms with Gasteiger partial charge in [0.1, 0.15) is 14.2 Å². The van der Waals surface area contributed by atoms with Gasteiger partial charge in [-0.05, 0) is 12.1 Å². The molecule has 0 radical (unpaired) electrons. The van der Waals surface area contributed by atoms with E-state index in [2.05, 4.69) is 60.7 Å². The average Bonchev–Trinajstić information content (AvgIpc) is 3.04. The van der Waals surface area contributed by atoms with Crippen LogP contribution in [-0.4, -0.2) is 20.1 Å². The number of ether oxygens (including phenoxy) is 1. The van der Waals surface area contributed by atoms with Crippen molar-refractivity contribution < 1.29 is 9.53 Å². The molecule has 0 bridgehead atoms. The number of carbonyl (C=O) groups is 1. The molecule has 2 aromatic rings. The van der Waals surface area contributed by atoms with Gasteiger partial charge in [-0.3, -0.25) is 4.79 Å². The molecule has 21 heavy (non-hydrogen) atoms. The molecule has 106 valence electrons. The first kappa shape index (κ1) is 12.8. The minimum atomic E-state index is -1.79. The van der Waals surface area contributed by atoms with Crippen molar-refractivity contribution >= 4 is 24.4 Å². The second kappa shape index (κ2) is 4.85. The fourth-order valence-electron chi connectivity index (χ4n) is 4.10. The van der Waals surface area contributed by atoms with Gasteiger partial charge in [0.05, 0.1) is 6.42 Å². The van der Waals surface area contributed by atoms with Crippen molar-refractivity contribution in [2.24, 2.45) is 5.92 Å². The van der Waals surface area contributed by atoms with Crippen LogP contribution in [0.1, 0.15) is 6.42 Å². The minimum Gasteiger partial charge on any atom is -0.462 e. The Morgan fingerprint density at radius 2 is 1.43 bits per heavy atom. The van der Waals surface area contributed by atoms with Gasteiger partial charge in [-0.2, -0.15) is 0 Å². The third-order valence-electron chi connectivity index (χ3n) is 5.05. The van der Waals surface area contributed by atoms with Crippen molar-refractivity contribution in [3.05, 3.63) is 60.7 Å². The van der Waals surface area contributed by atoms with E-state index in [9.17, 15) is 4.79 Å². The Labute approximate surface area is 125 Å². The normalized spacial score (nSPS) is 26.4. The maximum Gasteiger partial charge on any atom is 0.306 e. The number of fused-ring (bicyclic) bond motifs is 1. The standard InChI is InChI=1S/C18H18O2Si/c19-18-11-14-12-21(13-17(14)20-18,15-7-3-1-4-8-15)16-9-5-2-6-10-16/h1-10,14,17H,11-13H2/t14-,17+/m0/s1. The Balaban J connectivity index is 1.80. The summed E-state index contributed by atoms with van der Waals surface area (Å²) in [7, 11) is -1.79. The Hall–Kier alpha value is -1.87. The molecular weight excluding hydrogens is 276 g/mol. The van der Waals surface area contributed by atoms with Crippen LogP contribution in [0.4, 0.5) is 0 Å². The zero-order chi connectivity index (χ0) is 14.3. The van der Waals surface area contributed by atoms with Gasteiger partial charge in [-0.25, -0.2) is 0 Å². The molecule has 0 unspecified atom stereocenters. The molecule has 4 rings (SSSR count). The van der Waals surface area contributed by atoms with Gasteiger partial charge in [0.15, 0.2) is 0 Å². The van der Waals surface area contributed by atoms with E-state index < -0.39 is 8.07 Å². The van der Waals surface area contributed by atoms with Gasteiger partial charge >= 0.3 is 5.97 Å². The highest BCUT2D eigenvalue weighted by Crippen LogP contribution is 2.42. The molecule has 0 amide bonds. The van der Waals surface area contributed by atoms with Crippen molar-refractivity contribution in [2.75, 3.05) is 0 Å². The first-order valence-corrected chi connectivity index (χ1v) is 10.00. The van der Waals surface area contributed by atoms with Gasteiger partial charge in [0.25, 0.3) is 0 Å². The number of esters is 1. The third-order valence-corrected chi connectivity index (χ3v) is 10.2. The fraction of sp³-hybridized carbons (Fsp3) is 0.278. The molecule has 0 N–H and O–H groups in total. The van der Waals surface area contributed by atoms with E-state index in [0.717, 1.165) is 12.1 Å². The van der Waals surface area contributed by atoms with Crippen molar-refractivity contribution in [2.45, 2.75) is 24.6 Å². The molecule has 0 saturated carbocycles. The summed E-state index contributed by atoms with van der Waals surface area (Å²) in [6.07, 6.45) is 0.753. The van der Waals surface area contributed by atoms with Gasteiger partial charge in [0.2, 0.25) is 0 Å². The predicted octanol–water partition coefficient (Wildman–Crippen LogP) is 2.19. The highest BCUT2D eigenvalue weighted by Gasteiger charge is 2.53. The van der Waals surface area contributed by atoms with Crippen molar-refractivity contribution in [1.82, 2.24) is 0 Å². The van der Waals surface area contributed by atoms with E-state index in [1.807, 2.05) is 0 Å². The van der Waals surface area contributed by atoms with Crippen LogP contribution >= 0.6 is 0 Å². The number of hydrogen-bond acceptors (Lipinski definition) is 2. The fourth-order valence-corrected chi connectivity index (χ4v) is 9.61. The van der Waals surface area contributed by atoms with Crippen molar-refractivity contribution in [3.63, 3.8) is 0 Å². The molecule has 2 heterocycles. The van der Waals surface area contributed by atoms with Crippen LogP contribution in [0.5, 0.6) is 0 Å². The minimum absolute atomic E-state index is 0.00581. The lowest BCUT2D eigenvalue weighted by atomic mass is 10.1. The summed E-state index contributed by atoms with van der Waals surface area (Å²) in [5.74, 6) is 0.415. The first-order valence-electron chi connectivity index (χ1n) is 7.58. The molecule has 2 atom stereocenters. The molecule has 0 aromatic heterocycles. The van der Waals surface area contributed by atoms with Crippen LogP contribution in [0, 0.1) is 5.92 Å². The van der Waals surface area contributed by atoms with Gasteiger partial charge in [0, 0.05) is 5.92 Å². The predicted molar refractivity (Wildman–Crippen MR) is 85.5 cm³/mol. The summed E-state index contributed by atoms with van der Waals surface area (Å²) in [6.45, 7) is 0. The Morgan fingerprint density at radius 3 is 1.95 bits per heavy atom. The molecule has 2 aliphatic rings. The highest BCUT2D eigenvalue weighted by atomic mass is 28.3. The van der Waals surface area contributed by atoms with Gasteiger partial charge < -0.3 is 4.74 Å². The molecule has 3 heteroatoms. The number of carbonyl (C=O) groups excluding carboxylic acids is 1. The van der Waals surface area contributed by atoms with Gasteiger partial charge in [-0.15, -0.1) is 0 Å². The van der Waals surface area contributed by atoms with Crippen molar-refractivity contribution in [1.29, 1.82) is 0 Å². The van der Waals surface area contributed by atoms with E-state index in [0.29, 0.717) is 12.3 Å². The van der Waals surface area contributed by atoms with Crippen LogP contribution < -0.4 is 10.4 Å². The summed E-state index contributed by atoms with van der Waals surface area (Å²) in [5, 5.41) is 2.95. The summed E-state index contributed by atoms with van der Waals surface area (Å²) in [5.41, 5.74) is 0. The second-order valence-electron chi connectivity index (χ2n) is 6.21. The highest BCUT2D eigenvalue weighted by molar-refractivity contribution is 7.03. The summed E-state index contributed by atoms with van der Waals surface area (Å²) in [4.78, 5) is 11.5. The SMILES string of the molecule is O=C1C[C@H]2C[Si](c3ccccc3)(c3ccccc3)C[C@H]2O1. The molecule has 2 nitrogen and oxygen atoms in total. The first-order chi connectivity index (χ1) is 10.3. The molecule has 0 spiro atoms.